The van der Waals surface area contributed by atoms with E-state index < -0.39 is 5.91 Å². The summed E-state index contributed by atoms with van der Waals surface area (Å²) >= 11 is 5.93. The van der Waals surface area contributed by atoms with Crippen molar-refractivity contribution in [1.29, 1.82) is 0 Å². The highest BCUT2D eigenvalue weighted by Gasteiger charge is 2.15. The molecular formula is C21H20ClN3O2. The van der Waals surface area contributed by atoms with Gasteiger partial charge in [-0.3, -0.25) is 4.79 Å². The molecule has 0 saturated heterocycles. The van der Waals surface area contributed by atoms with Gasteiger partial charge in [0.15, 0.2) is 0 Å². The van der Waals surface area contributed by atoms with Crippen LogP contribution >= 0.6 is 11.6 Å². The number of rotatable bonds is 8. The van der Waals surface area contributed by atoms with Gasteiger partial charge in [-0.2, -0.15) is 0 Å². The highest BCUT2D eigenvalue weighted by atomic mass is 35.5. The zero-order valence-corrected chi connectivity index (χ0v) is 15.4. The van der Waals surface area contributed by atoms with Crippen LogP contribution < -0.4 is 15.8 Å². The lowest BCUT2D eigenvalue weighted by Crippen LogP contribution is -2.16. The molecule has 1 heterocycles. The number of halogens is 1. The number of amides is 1. The molecule has 0 aliphatic heterocycles. The Balaban J connectivity index is 1.55. The van der Waals surface area contributed by atoms with Crippen molar-refractivity contribution in [3.63, 3.8) is 0 Å². The number of ether oxygens (including phenoxy) is 1. The number of carbonyl (C=O) groups excluding carboxylic acids is 1. The van der Waals surface area contributed by atoms with Crippen LogP contribution in [0.3, 0.4) is 0 Å². The maximum atomic E-state index is 11.5. The number of carbonyl (C=O) groups is 1. The summed E-state index contributed by atoms with van der Waals surface area (Å²) in [7, 11) is 0. The van der Waals surface area contributed by atoms with Gasteiger partial charge in [-0.1, -0.05) is 54.1 Å². The number of nitrogens with one attached hydrogen (secondary N) is 1. The molecule has 2 aromatic carbocycles. The average molecular weight is 382 g/mol. The Morgan fingerprint density at radius 2 is 1.78 bits per heavy atom. The summed E-state index contributed by atoms with van der Waals surface area (Å²) in [6.45, 7) is 1.67. The smallest absolute Gasteiger partial charge is 0.255 e. The van der Waals surface area contributed by atoms with Crippen molar-refractivity contribution in [3.05, 3.63) is 88.7 Å². The quantitative estimate of drug-likeness (QED) is 0.457. The monoisotopic (exact) mass is 381 g/mol. The molecule has 3 rings (SSSR count). The largest absolute Gasteiger partial charge is 0.456 e. The Kier molecular flexibility index (Phi) is 6.41. The summed E-state index contributed by atoms with van der Waals surface area (Å²) in [4.78, 5) is 15.4. The molecule has 5 nitrogen and oxygen atoms in total. The van der Waals surface area contributed by atoms with Crippen LogP contribution in [-0.4, -0.2) is 17.4 Å². The molecular weight excluding hydrogens is 362 g/mol. The molecule has 0 fully saturated rings. The first kappa shape index (κ1) is 18.9. The van der Waals surface area contributed by atoms with Crippen LogP contribution in [0, 0.1) is 0 Å². The number of benzene rings is 2. The molecule has 1 aromatic heterocycles. The van der Waals surface area contributed by atoms with Crippen molar-refractivity contribution in [3.8, 4) is 11.5 Å². The van der Waals surface area contributed by atoms with E-state index in [9.17, 15) is 4.79 Å². The first-order chi connectivity index (χ1) is 13.1. The van der Waals surface area contributed by atoms with Gasteiger partial charge in [-0.15, -0.1) is 0 Å². The van der Waals surface area contributed by atoms with Gasteiger partial charge in [-0.05, 0) is 36.2 Å². The summed E-state index contributed by atoms with van der Waals surface area (Å²) in [6, 6.07) is 19.5. The summed E-state index contributed by atoms with van der Waals surface area (Å²) in [5.74, 6) is 0.200. The third kappa shape index (κ3) is 5.29. The maximum Gasteiger partial charge on any atom is 0.255 e. The van der Waals surface area contributed by atoms with Crippen LogP contribution in [0.5, 0.6) is 11.5 Å². The van der Waals surface area contributed by atoms with Gasteiger partial charge in [0, 0.05) is 18.8 Å². The molecule has 3 aromatic rings. The lowest BCUT2D eigenvalue weighted by Gasteiger charge is -2.11. The molecule has 0 atom stereocenters. The van der Waals surface area contributed by atoms with E-state index in [0.717, 1.165) is 25.1 Å². The molecule has 0 spiro atoms. The molecule has 27 heavy (non-hydrogen) atoms. The van der Waals surface area contributed by atoms with Gasteiger partial charge in [-0.25, -0.2) is 4.98 Å². The number of primary amides is 1. The summed E-state index contributed by atoms with van der Waals surface area (Å²) in [6.07, 6.45) is 2.45. The second-order valence-corrected chi connectivity index (χ2v) is 6.36. The first-order valence-corrected chi connectivity index (χ1v) is 8.97. The molecule has 0 radical (unpaired) electrons. The summed E-state index contributed by atoms with van der Waals surface area (Å²) in [5, 5.41) is 3.45. The number of aromatic nitrogens is 1. The fraction of sp³-hybridized carbons (Fsp3) is 0.143. The zero-order valence-electron chi connectivity index (χ0n) is 14.7. The predicted octanol–water partition coefficient (Wildman–Crippen LogP) is 3.96. The van der Waals surface area contributed by atoms with Crippen LogP contribution in [0.1, 0.15) is 21.5 Å². The van der Waals surface area contributed by atoms with E-state index in [1.807, 2.05) is 42.5 Å². The Morgan fingerprint density at radius 3 is 2.48 bits per heavy atom. The molecule has 1 amide bonds. The third-order valence-electron chi connectivity index (χ3n) is 4.03. The van der Waals surface area contributed by atoms with Gasteiger partial charge < -0.3 is 15.8 Å². The van der Waals surface area contributed by atoms with E-state index in [0.29, 0.717) is 5.75 Å². The number of nitrogens with two attached hydrogens (primary N) is 1. The van der Waals surface area contributed by atoms with E-state index in [1.165, 1.54) is 11.8 Å². The van der Waals surface area contributed by atoms with Crippen LogP contribution in [-0.2, 0) is 13.0 Å². The maximum absolute atomic E-state index is 11.5. The van der Waals surface area contributed by atoms with Crippen LogP contribution in [0.4, 0.5) is 0 Å². The normalized spacial score (nSPS) is 10.6. The lowest BCUT2D eigenvalue weighted by atomic mass is 10.1. The zero-order chi connectivity index (χ0) is 19.1. The van der Waals surface area contributed by atoms with Crippen LogP contribution in [0.25, 0.3) is 0 Å². The van der Waals surface area contributed by atoms with Gasteiger partial charge in [0.25, 0.3) is 5.91 Å². The molecule has 3 N–H and O–H groups in total. The predicted molar refractivity (Wildman–Crippen MR) is 106 cm³/mol. The topological polar surface area (TPSA) is 77.2 Å². The molecule has 6 heteroatoms. The number of pyridine rings is 1. The molecule has 0 aliphatic rings. The standard InChI is InChI=1S/C21H20ClN3O2/c22-20-19(21(23)26)18(11-13-25-20)27-17-8-6-16(7-9-17)14-24-12-10-15-4-2-1-3-5-15/h1-9,11,13,24H,10,12,14H2,(H2,23,26). The van der Waals surface area contributed by atoms with E-state index in [-0.39, 0.29) is 16.5 Å². The van der Waals surface area contributed by atoms with Crippen LogP contribution in [0.2, 0.25) is 5.15 Å². The lowest BCUT2D eigenvalue weighted by molar-refractivity contribution is 0.0998. The van der Waals surface area contributed by atoms with Crippen molar-refractivity contribution in [1.82, 2.24) is 10.3 Å². The van der Waals surface area contributed by atoms with Crippen molar-refractivity contribution < 1.29 is 9.53 Å². The molecule has 138 valence electrons. The van der Waals surface area contributed by atoms with E-state index in [1.54, 1.807) is 6.07 Å². The molecule has 0 bridgehead atoms. The minimum Gasteiger partial charge on any atom is -0.456 e. The second kappa shape index (κ2) is 9.16. The van der Waals surface area contributed by atoms with Gasteiger partial charge >= 0.3 is 0 Å². The first-order valence-electron chi connectivity index (χ1n) is 8.59. The summed E-state index contributed by atoms with van der Waals surface area (Å²) < 4.78 is 5.74. The Hall–Kier alpha value is -2.89. The van der Waals surface area contributed by atoms with E-state index in [2.05, 4.69) is 22.4 Å². The minimum atomic E-state index is -0.678. The van der Waals surface area contributed by atoms with Crippen molar-refractivity contribution in [2.24, 2.45) is 5.73 Å². The van der Waals surface area contributed by atoms with Crippen molar-refractivity contribution >= 4 is 17.5 Å². The van der Waals surface area contributed by atoms with E-state index in [4.69, 9.17) is 22.1 Å². The Labute approximate surface area is 163 Å². The highest BCUT2D eigenvalue weighted by Crippen LogP contribution is 2.28. The second-order valence-electron chi connectivity index (χ2n) is 6.00. The van der Waals surface area contributed by atoms with Gasteiger partial charge in [0.1, 0.15) is 22.2 Å². The van der Waals surface area contributed by atoms with Crippen molar-refractivity contribution in [2.75, 3.05) is 6.54 Å². The summed E-state index contributed by atoms with van der Waals surface area (Å²) in [5.41, 5.74) is 7.88. The van der Waals surface area contributed by atoms with E-state index >= 15 is 0 Å². The number of hydrogen-bond acceptors (Lipinski definition) is 4. The third-order valence-corrected chi connectivity index (χ3v) is 4.31. The Morgan fingerprint density at radius 1 is 1.04 bits per heavy atom. The highest BCUT2D eigenvalue weighted by molar-refractivity contribution is 6.33. The SMILES string of the molecule is NC(=O)c1c(Oc2ccc(CNCCc3ccccc3)cc2)ccnc1Cl. The Bertz CT molecular complexity index is 899. The fourth-order valence-electron chi connectivity index (χ4n) is 2.64. The molecule has 0 unspecified atom stereocenters. The molecule has 0 saturated carbocycles. The molecule has 0 aliphatic carbocycles. The number of nitrogens with zero attached hydrogens (tertiary/aromatic N) is 1. The van der Waals surface area contributed by atoms with Gasteiger partial charge in [0.05, 0.1) is 0 Å². The van der Waals surface area contributed by atoms with Crippen molar-refractivity contribution in [2.45, 2.75) is 13.0 Å². The minimum absolute atomic E-state index is 0.0271. The van der Waals surface area contributed by atoms with Crippen LogP contribution in [0.15, 0.2) is 66.9 Å². The average Bonchev–Trinajstić information content (AvgIpc) is 2.67. The number of hydrogen-bond donors (Lipinski definition) is 2. The van der Waals surface area contributed by atoms with Gasteiger partial charge in [0.2, 0.25) is 0 Å². The fourth-order valence-corrected chi connectivity index (χ4v) is 2.88.